The van der Waals surface area contributed by atoms with E-state index in [1.165, 1.54) is 19.4 Å². The molecule has 0 aromatic carbocycles. The van der Waals surface area contributed by atoms with Crippen molar-refractivity contribution in [2.75, 3.05) is 32.7 Å². The van der Waals surface area contributed by atoms with Crippen LogP contribution in [0.25, 0.3) is 0 Å². The lowest BCUT2D eigenvalue weighted by molar-refractivity contribution is 0.0749. The Kier molecular flexibility index (Phi) is 4.05. The van der Waals surface area contributed by atoms with Gasteiger partial charge in [-0.1, -0.05) is 0 Å². The molecule has 0 N–H and O–H groups in total. The van der Waals surface area contributed by atoms with Crippen LogP contribution < -0.4 is 0 Å². The summed E-state index contributed by atoms with van der Waals surface area (Å²) in [6.07, 6.45) is 5.59. The summed E-state index contributed by atoms with van der Waals surface area (Å²) in [5.41, 5.74) is 0.725. The van der Waals surface area contributed by atoms with Gasteiger partial charge >= 0.3 is 0 Å². The number of amides is 1. The summed E-state index contributed by atoms with van der Waals surface area (Å²) in [7, 11) is 0. The lowest BCUT2D eigenvalue weighted by Gasteiger charge is -2.22. The minimum absolute atomic E-state index is 0.137. The quantitative estimate of drug-likeness (QED) is 0.836. The molecule has 0 atom stereocenters. The Balaban J connectivity index is 1.60. The molecule has 20 heavy (non-hydrogen) atoms. The van der Waals surface area contributed by atoms with Crippen molar-refractivity contribution >= 4 is 5.91 Å². The SMILES string of the molecule is CCn1nccc1C(=O)N1CCCN(CC2CC2)CC1. The van der Waals surface area contributed by atoms with Crippen LogP contribution in [0, 0.1) is 5.92 Å². The summed E-state index contributed by atoms with van der Waals surface area (Å²) in [6.45, 7) is 7.86. The summed E-state index contributed by atoms with van der Waals surface area (Å²) in [5.74, 6) is 1.07. The minimum Gasteiger partial charge on any atom is -0.336 e. The number of rotatable bonds is 4. The monoisotopic (exact) mass is 276 g/mol. The van der Waals surface area contributed by atoms with E-state index in [-0.39, 0.29) is 5.91 Å². The first-order chi connectivity index (χ1) is 9.78. The Labute approximate surface area is 120 Å². The largest absolute Gasteiger partial charge is 0.336 e. The number of carbonyl (C=O) groups is 1. The molecule has 0 spiro atoms. The van der Waals surface area contributed by atoms with E-state index in [9.17, 15) is 4.79 Å². The van der Waals surface area contributed by atoms with Crippen molar-refractivity contribution in [3.8, 4) is 0 Å². The third kappa shape index (κ3) is 3.03. The normalized spacial score (nSPS) is 20.9. The van der Waals surface area contributed by atoms with Gasteiger partial charge in [0.25, 0.3) is 5.91 Å². The van der Waals surface area contributed by atoms with Gasteiger partial charge in [0.1, 0.15) is 5.69 Å². The van der Waals surface area contributed by atoms with Crippen molar-refractivity contribution < 1.29 is 4.79 Å². The highest BCUT2D eigenvalue weighted by molar-refractivity contribution is 5.92. The van der Waals surface area contributed by atoms with Gasteiger partial charge in [0.05, 0.1) is 0 Å². The van der Waals surface area contributed by atoms with E-state index in [2.05, 4.69) is 10.00 Å². The van der Waals surface area contributed by atoms with E-state index in [4.69, 9.17) is 0 Å². The van der Waals surface area contributed by atoms with E-state index < -0.39 is 0 Å². The van der Waals surface area contributed by atoms with Crippen molar-refractivity contribution in [2.24, 2.45) is 5.92 Å². The van der Waals surface area contributed by atoms with Crippen LogP contribution in [0.1, 0.15) is 36.7 Å². The molecule has 5 nitrogen and oxygen atoms in total. The maximum atomic E-state index is 12.6. The van der Waals surface area contributed by atoms with E-state index in [1.807, 2.05) is 17.9 Å². The van der Waals surface area contributed by atoms with Crippen LogP contribution in [0.2, 0.25) is 0 Å². The van der Waals surface area contributed by atoms with Crippen molar-refractivity contribution in [1.82, 2.24) is 19.6 Å². The summed E-state index contributed by atoms with van der Waals surface area (Å²) in [4.78, 5) is 17.1. The Morgan fingerprint density at radius 1 is 1.30 bits per heavy atom. The van der Waals surface area contributed by atoms with Crippen molar-refractivity contribution in [3.05, 3.63) is 18.0 Å². The Bertz CT molecular complexity index is 466. The van der Waals surface area contributed by atoms with Crippen LogP contribution in [-0.2, 0) is 6.54 Å². The average Bonchev–Trinajstić information content (AvgIpc) is 3.19. The number of aromatic nitrogens is 2. The molecule has 1 saturated carbocycles. The number of hydrogen-bond donors (Lipinski definition) is 0. The van der Waals surface area contributed by atoms with E-state index in [0.29, 0.717) is 0 Å². The zero-order valence-electron chi connectivity index (χ0n) is 12.3. The molecule has 0 bridgehead atoms. The molecule has 5 heteroatoms. The first kappa shape index (κ1) is 13.6. The topological polar surface area (TPSA) is 41.4 Å². The highest BCUT2D eigenvalue weighted by Crippen LogP contribution is 2.29. The van der Waals surface area contributed by atoms with Gasteiger partial charge in [-0.15, -0.1) is 0 Å². The zero-order chi connectivity index (χ0) is 13.9. The average molecular weight is 276 g/mol. The molecule has 2 aliphatic rings. The van der Waals surface area contributed by atoms with Crippen LogP contribution in [-0.4, -0.2) is 58.2 Å². The van der Waals surface area contributed by atoms with Crippen molar-refractivity contribution in [1.29, 1.82) is 0 Å². The van der Waals surface area contributed by atoms with Gasteiger partial charge in [-0.05, 0) is 44.7 Å². The standard InChI is InChI=1S/C15H24N4O/c1-2-19-14(6-7-16-19)15(20)18-9-3-8-17(10-11-18)12-13-4-5-13/h6-7,13H,2-5,8-12H2,1H3. The predicted molar refractivity (Wildman–Crippen MR) is 77.6 cm³/mol. The van der Waals surface area contributed by atoms with Gasteiger partial charge in [-0.3, -0.25) is 9.48 Å². The second-order valence-corrected chi connectivity index (χ2v) is 5.92. The van der Waals surface area contributed by atoms with Crippen LogP contribution in [0.3, 0.4) is 0 Å². The first-order valence-corrected chi connectivity index (χ1v) is 7.81. The molecule has 1 aromatic heterocycles. The van der Waals surface area contributed by atoms with Crippen LogP contribution in [0.4, 0.5) is 0 Å². The molecule has 1 aliphatic heterocycles. The van der Waals surface area contributed by atoms with E-state index in [0.717, 1.165) is 50.8 Å². The molecule has 1 saturated heterocycles. The molecule has 0 unspecified atom stereocenters. The maximum absolute atomic E-state index is 12.6. The van der Waals surface area contributed by atoms with Gasteiger partial charge in [0.2, 0.25) is 0 Å². The fourth-order valence-corrected chi connectivity index (χ4v) is 2.95. The second-order valence-electron chi connectivity index (χ2n) is 5.92. The van der Waals surface area contributed by atoms with E-state index >= 15 is 0 Å². The maximum Gasteiger partial charge on any atom is 0.272 e. The van der Waals surface area contributed by atoms with Gasteiger partial charge < -0.3 is 9.80 Å². The number of nitrogens with zero attached hydrogens (tertiary/aromatic N) is 4. The summed E-state index contributed by atoms with van der Waals surface area (Å²) < 4.78 is 1.79. The lowest BCUT2D eigenvalue weighted by atomic mass is 10.3. The molecule has 110 valence electrons. The minimum atomic E-state index is 0.137. The number of hydrogen-bond acceptors (Lipinski definition) is 3. The van der Waals surface area contributed by atoms with Crippen molar-refractivity contribution in [2.45, 2.75) is 32.7 Å². The molecule has 2 fully saturated rings. The highest BCUT2D eigenvalue weighted by Gasteiger charge is 2.27. The highest BCUT2D eigenvalue weighted by atomic mass is 16.2. The second kappa shape index (κ2) is 5.95. The molecule has 1 amide bonds. The molecule has 1 aromatic rings. The first-order valence-electron chi connectivity index (χ1n) is 7.81. The summed E-state index contributed by atoms with van der Waals surface area (Å²) in [6, 6.07) is 1.83. The fraction of sp³-hybridized carbons (Fsp3) is 0.733. The van der Waals surface area contributed by atoms with Gasteiger partial charge in [0, 0.05) is 38.9 Å². The lowest BCUT2D eigenvalue weighted by Crippen LogP contribution is -2.36. The third-order valence-corrected chi connectivity index (χ3v) is 4.32. The van der Waals surface area contributed by atoms with E-state index in [1.54, 1.807) is 10.9 Å². The summed E-state index contributed by atoms with van der Waals surface area (Å²) >= 11 is 0. The third-order valence-electron chi connectivity index (χ3n) is 4.32. The zero-order valence-corrected chi connectivity index (χ0v) is 12.3. The molecule has 2 heterocycles. The Morgan fingerprint density at radius 3 is 2.90 bits per heavy atom. The molecule has 0 radical (unpaired) electrons. The van der Waals surface area contributed by atoms with Crippen LogP contribution in [0.5, 0.6) is 0 Å². The smallest absolute Gasteiger partial charge is 0.272 e. The fourth-order valence-electron chi connectivity index (χ4n) is 2.95. The predicted octanol–water partition coefficient (Wildman–Crippen LogP) is 1.46. The molecule has 3 rings (SSSR count). The molecular weight excluding hydrogens is 252 g/mol. The Morgan fingerprint density at radius 2 is 2.15 bits per heavy atom. The van der Waals surface area contributed by atoms with Gasteiger partial charge in [-0.25, -0.2) is 0 Å². The number of aryl methyl sites for hydroxylation is 1. The molecule has 1 aliphatic carbocycles. The number of carbonyl (C=O) groups excluding carboxylic acids is 1. The van der Waals surface area contributed by atoms with Crippen LogP contribution in [0.15, 0.2) is 12.3 Å². The van der Waals surface area contributed by atoms with Crippen LogP contribution >= 0.6 is 0 Å². The Hall–Kier alpha value is -1.36. The molecular formula is C15H24N4O. The van der Waals surface area contributed by atoms with Crippen molar-refractivity contribution in [3.63, 3.8) is 0 Å². The van der Waals surface area contributed by atoms with Gasteiger partial charge in [0.15, 0.2) is 0 Å². The van der Waals surface area contributed by atoms with Gasteiger partial charge in [-0.2, -0.15) is 5.10 Å². The summed E-state index contributed by atoms with van der Waals surface area (Å²) in [5, 5.41) is 4.20.